The Balaban J connectivity index is 2.47. The molecule has 1 atom stereocenters. The molecule has 0 aliphatic rings. The molecule has 18 heavy (non-hydrogen) atoms. The molecule has 2 aromatic heterocycles. The minimum atomic E-state index is 0.221. The molecule has 0 aliphatic carbocycles. The summed E-state index contributed by atoms with van der Waals surface area (Å²) in [4.78, 5) is 0. The molecule has 3 rings (SSSR count). The van der Waals surface area contributed by atoms with Crippen LogP contribution in [0.1, 0.15) is 30.0 Å². The van der Waals surface area contributed by atoms with Crippen molar-refractivity contribution in [2.45, 2.75) is 26.8 Å². The minimum absolute atomic E-state index is 0.221. The van der Waals surface area contributed by atoms with E-state index in [2.05, 4.69) is 30.4 Å². The van der Waals surface area contributed by atoms with Gasteiger partial charge in [-0.2, -0.15) is 0 Å². The first-order chi connectivity index (χ1) is 8.60. The largest absolute Gasteiger partial charge is 0.461 e. The van der Waals surface area contributed by atoms with Crippen LogP contribution >= 0.6 is 0 Å². The molecule has 3 heteroatoms. The molecule has 2 heterocycles. The summed E-state index contributed by atoms with van der Waals surface area (Å²) < 4.78 is 11.6. The topological polar surface area (TPSA) is 38.3 Å². The number of fused-ring (bicyclic) bond motifs is 2. The van der Waals surface area contributed by atoms with E-state index in [0.717, 1.165) is 33.5 Å². The van der Waals surface area contributed by atoms with Crippen molar-refractivity contribution in [3.63, 3.8) is 0 Å². The van der Waals surface area contributed by atoms with E-state index in [-0.39, 0.29) is 6.04 Å². The second kappa shape index (κ2) is 3.89. The normalized spacial score (nSPS) is 13.6. The number of rotatable bonds is 2. The van der Waals surface area contributed by atoms with Crippen molar-refractivity contribution in [1.29, 1.82) is 0 Å². The first-order valence-electron chi connectivity index (χ1n) is 6.20. The van der Waals surface area contributed by atoms with E-state index in [1.165, 1.54) is 5.56 Å². The fourth-order valence-corrected chi connectivity index (χ4v) is 2.54. The van der Waals surface area contributed by atoms with Gasteiger partial charge in [-0.25, -0.2) is 0 Å². The maximum Gasteiger partial charge on any atom is 0.139 e. The summed E-state index contributed by atoms with van der Waals surface area (Å²) in [6.07, 6.45) is 0. The third kappa shape index (κ3) is 1.55. The molecule has 0 aliphatic heterocycles. The highest BCUT2D eigenvalue weighted by Crippen LogP contribution is 2.35. The first-order valence-corrected chi connectivity index (χ1v) is 6.20. The van der Waals surface area contributed by atoms with Crippen molar-refractivity contribution < 1.29 is 8.83 Å². The molecule has 0 bridgehead atoms. The highest BCUT2D eigenvalue weighted by atomic mass is 16.3. The molecule has 0 radical (unpaired) electrons. The lowest BCUT2D eigenvalue weighted by atomic mass is 10.0. The van der Waals surface area contributed by atoms with Crippen LogP contribution in [0.5, 0.6) is 0 Å². The van der Waals surface area contributed by atoms with Gasteiger partial charge in [0.05, 0.1) is 0 Å². The number of aryl methyl sites for hydroxylation is 2. The maximum absolute atomic E-state index is 5.86. The smallest absolute Gasteiger partial charge is 0.139 e. The van der Waals surface area contributed by atoms with E-state index >= 15 is 0 Å². The lowest BCUT2D eigenvalue weighted by Gasteiger charge is -2.12. The molecule has 1 aromatic carbocycles. The monoisotopic (exact) mass is 243 g/mol. The molecule has 94 valence electrons. The van der Waals surface area contributed by atoms with E-state index in [0.29, 0.717) is 0 Å². The highest BCUT2D eigenvalue weighted by Gasteiger charge is 2.18. The van der Waals surface area contributed by atoms with Crippen LogP contribution in [0, 0.1) is 13.8 Å². The molecular formula is C15H17NO2. The second-order valence-electron chi connectivity index (χ2n) is 4.84. The van der Waals surface area contributed by atoms with Crippen LogP contribution in [0.15, 0.2) is 27.0 Å². The van der Waals surface area contributed by atoms with Crippen LogP contribution in [0.25, 0.3) is 21.9 Å². The van der Waals surface area contributed by atoms with Gasteiger partial charge in [0.15, 0.2) is 0 Å². The molecule has 0 spiro atoms. The van der Waals surface area contributed by atoms with Crippen LogP contribution in [-0.2, 0) is 0 Å². The van der Waals surface area contributed by atoms with Crippen molar-refractivity contribution in [2.24, 2.45) is 0 Å². The third-order valence-corrected chi connectivity index (χ3v) is 3.46. The van der Waals surface area contributed by atoms with E-state index in [4.69, 9.17) is 8.83 Å². The van der Waals surface area contributed by atoms with Crippen LogP contribution in [0.3, 0.4) is 0 Å². The number of nitrogens with one attached hydrogen (secondary N) is 1. The molecular weight excluding hydrogens is 226 g/mol. The summed E-state index contributed by atoms with van der Waals surface area (Å²) in [6, 6.07) is 6.41. The van der Waals surface area contributed by atoms with Crippen LogP contribution in [0.2, 0.25) is 0 Å². The molecule has 0 saturated heterocycles. The van der Waals surface area contributed by atoms with Crippen molar-refractivity contribution in [3.8, 4) is 0 Å². The van der Waals surface area contributed by atoms with Gasteiger partial charge in [0, 0.05) is 22.4 Å². The summed E-state index contributed by atoms with van der Waals surface area (Å²) in [6.45, 7) is 6.08. The van der Waals surface area contributed by atoms with E-state index in [1.807, 2.05) is 20.9 Å². The Bertz CT molecular complexity index is 666. The summed E-state index contributed by atoms with van der Waals surface area (Å²) in [7, 11) is 1.96. The van der Waals surface area contributed by atoms with Gasteiger partial charge in [-0.3, -0.25) is 0 Å². The summed E-state index contributed by atoms with van der Waals surface area (Å²) >= 11 is 0. The molecule has 1 N–H and O–H groups in total. The standard InChI is InChI=1S/C15H17NO2/c1-8-5-11-7-13-12(6-9(2)17-13)14(10(3)16-4)15(11)18-8/h5-7,10,16H,1-4H3. The maximum atomic E-state index is 5.86. The zero-order valence-corrected chi connectivity index (χ0v) is 11.1. The summed E-state index contributed by atoms with van der Waals surface area (Å²) in [5, 5.41) is 5.52. The van der Waals surface area contributed by atoms with E-state index in [9.17, 15) is 0 Å². The predicted molar refractivity (Wildman–Crippen MR) is 72.9 cm³/mol. The molecule has 3 nitrogen and oxygen atoms in total. The van der Waals surface area contributed by atoms with Crippen LogP contribution in [-0.4, -0.2) is 7.05 Å². The first kappa shape index (κ1) is 11.4. The van der Waals surface area contributed by atoms with E-state index < -0.39 is 0 Å². The summed E-state index contributed by atoms with van der Waals surface area (Å²) in [5.74, 6) is 1.86. The quantitative estimate of drug-likeness (QED) is 0.737. The van der Waals surface area contributed by atoms with Crippen molar-refractivity contribution in [2.75, 3.05) is 7.05 Å². The lowest BCUT2D eigenvalue weighted by molar-refractivity contribution is 0.562. The average Bonchev–Trinajstić information content (AvgIpc) is 2.85. The fraction of sp³-hybridized carbons (Fsp3) is 0.333. The zero-order chi connectivity index (χ0) is 12.9. The lowest BCUT2D eigenvalue weighted by Crippen LogP contribution is -2.12. The molecule has 0 amide bonds. The second-order valence-corrected chi connectivity index (χ2v) is 4.84. The van der Waals surface area contributed by atoms with Crippen molar-refractivity contribution in [3.05, 3.63) is 35.3 Å². The van der Waals surface area contributed by atoms with Gasteiger partial charge in [0.2, 0.25) is 0 Å². The Morgan fingerprint density at radius 1 is 1.06 bits per heavy atom. The van der Waals surface area contributed by atoms with Gasteiger partial charge in [0.25, 0.3) is 0 Å². The predicted octanol–water partition coefficient (Wildman–Crippen LogP) is 4.08. The Hall–Kier alpha value is -1.74. The third-order valence-electron chi connectivity index (χ3n) is 3.46. The Morgan fingerprint density at radius 2 is 1.78 bits per heavy atom. The zero-order valence-electron chi connectivity index (χ0n) is 11.1. The number of benzene rings is 1. The summed E-state index contributed by atoms with van der Waals surface area (Å²) in [5.41, 5.74) is 3.07. The van der Waals surface area contributed by atoms with Crippen molar-refractivity contribution in [1.82, 2.24) is 5.32 Å². The molecule has 1 unspecified atom stereocenters. The van der Waals surface area contributed by atoms with Gasteiger partial charge in [-0.1, -0.05) is 0 Å². The Morgan fingerprint density at radius 3 is 2.50 bits per heavy atom. The minimum Gasteiger partial charge on any atom is -0.461 e. The Kier molecular flexibility index (Phi) is 2.45. The molecule has 3 aromatic rings. The highest BCUT2D eigenvalue weighted by molar-refractivity contribution is 5.98. The molecule has 0 fully saturated rings. The van der Waals surface area contributed by atoms with Gasteiger partial charge in [-0.15, -0.1) is 0 Å². The van der Waals surface area contributed by atoms with E-state index in [1.54, 1.807) is 0 Å². The Labute approximate surface area is 106 Å². The number of hydrogen-bond donors (Lipinski definition) is 1. The van der Waals surface area contributed by atoms with Gasteiger partial charge in [0.1, 0.15) is 22.7 Å². The van der Waals surface area contributed by atoms with Crippen molar-refractivity contribution >= 4 is 21.9 Å². The average molecular weight is 243 g/mol. The SMILES string of the molecule is CNC(C)c1c2cc(C)oc2cc2cc(C)oc12. The van der Waals surface area contributed by atoms with Gasteiger partial charge >= 0.3 is 0 Å². The number of hydrogen-bond acceptors (Lipinski definition) is 3. The molecule has 0 saturated carbocycles. The fourth-order valence-electron chi connectivity index (χ4n) is 2.54. The van der Waals surface area contributed by atoms with Crippen LogP contribution < -0.4 is 5.32 Å². The van der Waals surface area contributed by atoms with Crippen LogP contribution in [0.4, 0.5) is 0 Å². The number of furan rings is 2. The van der Waals surface area contributed by atoms with Gasteiger partial charge in [-0.05, 0) is 46.0 Å². The van der Waals surface area contributed by atoms with Gasteiger partial charge < -0.3 is 14.2 Å².